The molecule has 1 aromatic heterocycles. The molecule has 2 aromatic rings. The highest BCUT2D eigenvalue weighted by Gasteiger charge is 2.25. The molecule has 1 aromatic carbocycles. The maximum atomic E-state index is 8.85. The van der Waals surface area contributed by atoms with E-state index in [1.54, 1.807) is 11.8 Å². The van der Waals surface area contributed by atoms with E-state index in [-0.39, 0.29) is 6.61 Å². The van der Waals surface area contributed by atoms with Gasteiger partial charge in [-0.15, -0.1) is 10.2 Å². The molecule has 0 spiro atoms. The zero-order valence-corrected chi connectivity index (χ0v) is 15.6. The van der Waals surface area contributed by atoms with Crippen LogP contribution in [0.3, 0.4) is 0 Å². The van der Waals surface area contributed by atoms with Gasteiger partial charge in [-0.1, -0.05) is 36.9 Å². The van der Waals surface area contributed by atoms with Gasteiger partial charge in [0.1, 0.15) is 6.04 Å². The fourth-order valence-electron chi connectivity index (χ4n) is 2.74. The molecule has 0 aliphatic carbocycles. The third-order valence-electron chi connectivity index (χ3n) is 3.98. The van der Waals surface area contributed by atoms with E-state index >= 15 is 0 Å². The van der Waals surface area contributed by atoms with Crippen molar-refractivity contribution in [2.45, 2.75) is 24.5 Å². The first-order valence-electron chi connectivity index (χ1n) is 8.55. The number of aromatic nitrogens is 3. The number of aliphatic hydroxyl groups is 1. The lowest BCUT2D eigenvalue weighted by Crippen LogP contribution is -3.06. The van der Waals surface area contributed by atoms with E-state index in [1.807, 2.05) is 18.2 Å². The van der Waals surface area contributed by atoms with Crippen LogP contribution in [0.1, 0.15) is 25.2 Å². The molecule has 0 saturated heterocycles. The molecule has 0 aliphatic rings. The highest BCUT2D eigenvalue weighted by molar-refractivity contribution is 7.99. The van der Waals surface area contributed by atoms with Crippen LogP contribution >= 0.6 is 11.8 Å². The Balaban J connectivity index is 2.26. The van der Waals surface area contributed by atoms with Gasteiger partial charge in [-0.3, -0.25) is 4.57 Å². The lowest BCUT2D eigenvalue weighted by atomic mass is 10.2. The third kappa shape index (κ3) is 4.80. The van der Waals surface area contributed by atoms with Crippen LogP contribution < -0.4 is 10.2 Å². The number of nitrogens with one attached hydrogen (secondary N) is 1. The Kier molecular flexibility index (Phi) is 7.71. The van der Waals surface area contributed by atoms with E-state index in [2.05, 4.69) is 53.2 Å². The van der Waals surface area contributed by atoms with Gasteiger partial charge in [0.05, 0.1) is 39.5 Å². The average Bonchev–Trinajstić information content (AvgIpc) is 2.99. The fourth-order valence-corrected chi connectivity index (χ4v) is 3.63. The van der Waals surface area contributed by atoms with Crippen molar-refractivity contribution in [3.63, 3.8) is 0 Å². The highest BCUT2D eigenvalue weighted by Crippen LogP contribution is 2.24. The van der Waals surface area contributed by atoms with Gasteiger partial charge in [0.2, 0.25) is 0 Å². The number of hydrogen-bond acceptors (Lipinski definition) is 4. The molecule has 24 heavy (non-hydrogen) atoms. The Morgan fingerprint density at radius 2 is 1.96 bits per heavy atom. The van der Waals surface area contributed by atoms with Crippen LogP contribution in [-0.4, -0.2) is 59.4 Å². The second kappa shape index (κ2) is 9.78. The van der Waals surface area contributed by atoms with Crippen molar-refractivity contribution in [2.24, 2.45) is 0 Å². The zero-order valence-electron chi connectivity index (χ0n) is 14.8. The topological polar surface area (TPSA) is 72.0 Å². The second-order valence-electron chi connectivity index (χ2n) is 5.99. The van der Waals surface area contributed by atoms with Gasteiger partial charge in [0.15, 0.2) is 11.0 Å². The Bertz CT molecular complexity index is 602. The molecule has 7 heteroatoms. The molecule has 2 rings (SSSR count). The van der Waals surface area contributed by atoms with Crippen molar-refractivity contribution in [3.05, 3.63) is 36.2 Å². The quantitative estimate of drug-likeness (QED) is 0.399. The number of para-hydroxylation sites is 1. The van der Waals surface area contributed by atoms with Crippen LogP contribution in [0.25, 0.3) is 5.69 Å². The summed E-state index contributed by atoms with van der Waals surface area (Å²) < 4.78 is 2.19. The molecule has 132 valence electrons. The molecule has 0 aliphatic heterocycles. The van der Waals surface area contributed by atoms with Gasteiger partial charge in [0, 0.05) is 12.1 Å². The van der Waals surface area contributed by atoms with Crippen LogP contribution in [0.15, 0.2) is 35.5 Å². The predicted octanol–water partition coefficient (Wildman–Crippen LogP) is -0.489. The van der Waals surface area contributed by atoms with Crippen LogP contribution in [0.4, 0.5) is 0 Å². The molecule has 0 fully saturated rings. The van der Waals surface area contributed by atoms with E-state index in [4.69, 9.17) is 5.11 Å². The van der Waals surface area contributed by atoms with Crippen molar-refractivity contribution < 1.29 is 15.3 Å². The molecule has 0 bridgehead atoms. The number of rotatable bonds is 10. The van der Waals surface area contributed by atoms with Crippen molar-refractivity contribution in [3.8, 4) is 5.69 Å². The summed E-state index contributed by atoms with van der Waals surface area (Å²) in [5, 5.41) is 20.9. The smallest absolute Gasteiger partial charge is 0.196 e. The zero-order chi connectivity index (χ0) is 17.4. The van der Waals surface area contributed by atoms with Gasteiger partial charge >= 0.3 is 0 Å². The van der Waals surface area contributed by atoms with Crippen molar-refractivity contribution in [2.75, 3.05) is 39.5 Å². The summed E-state index contributed by atoms with van der Waals surface area (Å²) in [6.45, 7) is 4.12. The molecule has 6 nitrogen and oxygen atoms in total. The van der Waals surface area contributed by atoms with Gasteiger partial charge in [-0.2, -0.15) is 0 Å². The van der Waals surface area contributed by atoms with Crippen molar-refractivity contribution in [1.29, 1.82) is 0 Å². The SMILES string of the molecule is CC[C@H](c1nnc(SCC[NH2+]CCO)n1-c1ccccc1)[NH+](C)C. The fraction of sp³-hybridized carbons (Fsp3) is 0.529. The van der Waals surface area contributed by atoms with Crippen LogP contribution in [0.2, 0.25) is 0 Å². The summed E-state index contributed by atoms with van der Waals surface area (Å²) in [6.07, 6.45) is 1.02. The Morgan fingerprint density at radius 1 is 1.21 bits per heavy atom. The number of nitrogens with two attached hydrogens (primary N) is 1. The minimum absolute atomic E-state index is 0.221. The number of benzene rings is 1. The van der Waals surface area contributed by atoms with E-state index < -0.39 is 0 Å². The van der Waals surface area contributed by atoms with E-state index in [1.165, 1.54) is 4.90 Å². The van der Waals surface area contributed by atoms with Gasteiger partial charge in [0.25, 0.3) is 0 Å². The van der Waals surface area contributed by atoms with Crippen LogP contribution in [0, 0.1) is 0 Å². The van der Waals surface area contributed by atoms with Crippen molar-refractivity contribution in [1.82, 2.24) is 14.8 Å². The van der Waals surface area contributed by atoms with Crippen molar-refractivity contribution >= 4 is 11.8 Å². The number of nitrogens with zero attached hydrogens (tertiary/aromatic N) is 3. The summed E-state index contributed by atoms with van der Waals surface area (Å²) in [4.78, 5) is 1.36. The standard InChI is InChI=1S/C17H27N5OS/c1-4-15(21(2)3)16-19-20-17(24-13-11-18-10-12-23)22(16)14-8-6-5-7-9-14/h5-9,15,18,23H,4,10-13H2,1-3H3/p+2/t15-/m1/s1. The molecule has 0 amide bonds. The molecular weight excluding hydrogens is 322 g/mol. The molecule has 1 heterocycles. The molecule has 0 radical (unpaired) electrons. The Hall–Kier alpha value is -1.41. The maximum Gasteiger partial charge on any atom is 0.196 e. The molecular formula is C17H29N5OS+2. The maximum absolute atomic E-state index is 8.85. The van der Waals surface area contributed by atoms with Crippen LogP contribution in [0.5, 0.6) is 0 Å². The lowest BCUT2D eigenvalue weighted by molar-refractivity contribution is -0.893. The molecule has 0 saturated carbocycles. The first-order chi connectivity index (χ1) is 11.7. The van der Waals surface area contributed by atoms with Gasteiger partial charge < -0.3 is 15.3 Å². The molecule has 0 unspecified atom stereocenters. The minimum Gasteiger partial charge on any atom is -0.391 e. The number of quaternary nitrogens is 2. The van der Waals surface area contributed by atoms with E-state index in [9.17, 15) is 0 Å². The first-order valence-corrected chi connectivity index (χ1v) is 9.53. The second-order valence-corrected chi connectivity index (χ2v) is 7.05. The number of thioether (sulfide) groups is 1. The summed E-state index contributed by atoms with van der Waals surface area (Å²) in [6, 6.07) is 10.6. The molecule has 4 N–H and O–H groups in total. The highest BCUT2D eigenvalue weighted by atomic mass is 32.2. The number of aliphatic hydroxyl groups excluding tert-OH is 1. The summed E-state index contributed by atoms with van der Waals surface area (Å²) in [5.41, 5.74) is 1.11. The van der Waals surface area contributed by atoms with Crippen LogP contribution in [-0.2, 0) is 0 Å². The monoisotopic (exact) mass is 351 g/mol. The molecule has 1 atom stereocenters. The third-order valence-corrected chi connectivity index (χ3v) is 4.94. The van der Waals surface area contributed by atoms with E-state index in [0.29, 0.717) is 6.04 Å². The Labute approximate surface area is 148 Å². The largest absolute Gasteiger partial charge is 0.391 e. The van der Waals surface area contributed by atoms with Gasteiger partial charge in [-0.05, 0) is 12.1 Å². The minimum atomic E-state index is 0.221. The number of hydrogen-bond donors (Lipinski definition) is 3. The predicted molar refractivity (Wildman–Crippen MR) is 96.7 cm³/mol. The summed E-state index contributed by atoms with van der Waals surface area (Å²) in [5.74, 6) is 1.96. The van der Waals surface area contributed by atoms with E-state index in [0.717, 1.165) is 41.9 Å². The normalized spacial score (nSPS) is 12.7. The average molecular weight is 352 g/mol. The first kappa shape index (κ1) is 18.9. The summed E-state index contributed by atoms with van der Waals surface area (Å²) >= 11 is 1.72. The Morgan fingerprint density at radius 3 is 2.58 bits per heavy atom. The lowest BCUT2D eigenvalue weighted by Gasteiger charge is -2.20. The van der Waals surface area contributed by atoms with Gasteiger partial charge in [-0.25, -0.2) is 0 Å². The summed E-state index contributed by atoms with van der Waals surface area (Å²) in [7, 11) is 4.32.